The summed E-state index contributed by atoms with van der Waals surface area (Å²) in [5.74, 6) is 0. The summed E-state index contributed by atoms with van der Waals surface area (Å²) < 4.78 is 7.12. The van der Waals surface area contributed by atoms with Crippen LogP contribution in [0.3, 0.4) is 0 Å². The SMILES string of the molecule is CCCOC1(C)CC(Cl)=C(C)c2c1sc1ccccc1c2=O. The molecule has 0 aliphatic heterocycles. The van der Waals surface area contributed by atoms with Gasteiger partial charge in [0, 0.05) is 38.6 Å². The summed E-state index contributed by atoms with van der Waals surface area (Å²) in [6, 6.07) is 7.75. The zero-order valence-electron chi connectivity index (χ0n) is 13.0. The molecular weight excluding hydrogens is 316 g/mol. The molecule has 0 amide bonds. The summed E-state index contributed by atoms with van der Waals surface area (Å²) in [5, 5.41) is 1.49. The first-order valence-corrected chi connectivity index (χ1v) is 8.73. The van der Waals surface area contributed by atoms with E-state index in [2.05, 4.69) is 6.92 Å². The van der Waals surface area contributed by atoms with Gasteiger partial charge in [0.2, 0.25) is 0 Å². The van der Waals surface area contributed by atoms with Gasteiger partial charge in [0.15, 0.2) is 5.43 Å². The largest absolute Gasteiger partial charge is 0.369 e. The number of halogens is 1. The molecule has 3 rings (SSSR count). The summed E-state index contributed by atoms with van der Waals surface area (Å²) in [6.45, 7) is 6.72. The third-order valence-electron chi connectivity index (χ3n) is 4.18. The van der Waals surface area contributed by atoms with Crippen LogP contribution in [0.4, 0.5) is 0 Å². The van der Waals surface area contributed by atoms with Gasteiger partial charge in [-0.1, -0.05) is 30.7 Å². The molecule has 0 fully saturated rings. The van der Waals surface area contributed by atoms with Gasteiger partial charge < -0.3 is 4.74 Å². The lowest BCUT2D eigenvalue weighted by Crippen LogP contribution is -2.32. The number of fused-ring (bicyclic) bond motifs is 2. The van der Waals surface area contributed by atoms with Crippen molar-refractivity contribution in [2.45, 2.75) is 39.2 Å². The van der Waals surface area contributed by atoms with Crippen molar-refractivity contribution in [3.8, 4) is 0 Å². The fraction of sp³-hybridized carbons (Fsp3) is 0.389. The number of ether oxygens (including phenoxy) is 1. The molecule has 4 heteroatoms. The Bertz CT molecular complexity index is 821. The molecule has 0 N–H and O–H groups in total. The molecule has 1 unspecified atom stereocenters. The first-order chi connectivity index (χ1) is 10.5. The molecule has 0 bridgehead atoms. The molecule has 1 aliphatic carbocycles. The maximum absolute atomic E-state index is 12.9. The van der Waals surface area contributed by atoms with Crippen LogP contribution >= 0.6 is 22.9 Å². The first-order valence-electron chi connectivity index (χ1n) is 7.54. The molecule has 0 saturated heterocycles. The van der Waals surface area contributed by atoms with Crippen molar-refractivity contribution in [1.29, 1.82) is 0 Å². The van der Waals surface area contributed by atoms with Gasteiger partial charge in [0.25, 0.3) is 0 Å². The highest BCUT2D eigenvalue weighted by Gasteiger charge is 2.38. The molecule has 1 aromatic heterocycles. The Morgan fingerprint density at radius 3 is 2.82 bits per heavy atom. The van der Waals surface area contributed by atoms with E-state index in [1.54, 1.807) is 11.3 Å². The van der Waals surface area contributed by atoms with Gasteiger partial charge in [-0.15, -0.1) is 11.3 Å². The summed E-state index contributed by atoms with van der Waals surface area (Å²) in [7, 11) is 0. The Labute approximate surface area is 139 Å². The lowest BCUT2D eigenvalue weighted by molar-refractivity contribution is -0.0331. The van der Waals surface area contributed by atoms with Crippen LogP contribution in [0, 0.1) is 0 Å². The fourth-order valence-electron chi connectivity index (χ4n) is 2.94. The fourth-order valence-corrected chi connectivity index (χ4v) is 4.63. The van der Waals surface area contributed by atoms with Crippen molar-refractivity contribution in [3.05, 3.63) is 50.0 Å². The maximum atomic E-state index is 12.9. The molecule has 0 radical (unpaired) electrons. The minimum atomic E-state index is -0.518. The van der Waals surface area contributed by atoms with Gasteiger partial charge in [0.05, 0.1) is 0 Å². The van der Waals surface area contributed by atoms with Gasteiger partial charge in [-0.3, -0.25) is 4.79 Å². The lowest BCUT2D eigenvalue weighted by atomic mass is 9.86. The summed E-state index contributed by atoms with van der Waals surface area (Å²) in [5.41, 5.74) is 1.17. The number of rotatable bonds is 3. The van der Waals surface area contributed by atoms with Gasteiger partial charge in [0.1, 0.15) is 5.60 Å². The molecule has 0 spiro atoms. The highest BCUT2D eigenvalue weighted by atomic mass is 35.5. The number of benzene rings is 1. The molecule has 1 aliphatic rings. The average Bonchev–Trinajstić information content (AvgIpc) is 2.51. The van der Waals surface area contributed by atoms with Gasteiger partial charge in [-0.05, 0) is 38.0 Å². The standard InChI is InChI=1S/C18H19ClO2S/c1-4-9-21-18(3)10-13(19)11(2)15-16(20)12-7-5-6-8-14(12)22-17(15)18/h5-8H,4,9-10H2,1-3H3. The summed E-state index contributed by atoms with van der Waals surface area (Å²) >= 11 is 8.10. The van der Waals surface area contributed by atoms with Crippen LogP contribution in [0.2, 0.25) is 0 Å². The van der Waals surface area contributed by atoms with Gasteiger partial charge >= 0.3 is 0 Å². The van der Waals surface area contributed by atoms with Crippen LogP contribution in [0.1, 0.15) is 44.1 Å². The highest BCUT2D eigenvalue weighted by Crippen LogP contribution is 2.46. The van der Waals surface area contributed by atoms with E-state index in [-0.39, 0.29) is 5.43 Å². The van der Waals surface area contributed by atoms with Gasteiger partial charge in [-0.25, -0.2) is 0 Å². The minimum Gasteiger partial charge on any atom is -0.369 e. The van der Waals surface area contributed by atoms with Crippen LogP contribution in [-0.2, 0) is 10.3 Å². The molecule has 2 aromatic rings. The van der Waals surface area contributed by atoms with E-state index in [0.29, 0.717) is 13.0 Å². The normalized spacial score (nSPS) is 21.3. The van der Waals surface area contributed by atoms with E-state index in [0.717, 1.165) is 37.6 Å². The van der Waals surface area contributed by atoms with E-state index in [1.807, 2.05) is 38.1 Å². The van der Waals surface area contributed by atoms with Crippen LogP contribution in [-0.4, -0.2) is 6.61 Å². The molecule has 116 valence electrons. The second kappa shape index (κ2) is 5.80. The third kappa shape index (κ3) is 2.41. The van der Waals surface area contributed by atoms with Crippen molar-refractivity contribution < 1.29 is 4.74 Å². The Hall–Kier alpha value is -1.16. The van der Waals surface area contributed by atoms with Crippen LogP contribution in [0.5, 0.6) is 0 Å². The predicted molar refractivity (Wildman–Crippen MR) is 94.8 cm³/mol. The predicted octanol–water partition coefficient (Wildman–Crippen LogP) is 5.28. The average molecular weight is 335 g/mol. The van der Waals surface area contributed by atoms with Gasteiger partial charge in [-0.2, -0.15) is 0 Å². The van der Waals surface area contributed by atoms with E-state index in [9.17, 15) is 4.79 Å². The number of allylic oxidation sites excluding steroid dienone is 1. The lowest BCUT2D eigenvalue weighted by Gasteiger charge is -2.35. The number of hydrogen-bond acceptors (Lipinski definition) is 3. The van der Waals surface area contributed by atoms with Crippen molar-refractivity contribution in [2.75, 3.05) is 6.61 Å². The van der Waals surface area contributed by atoms with E-state index in [1.165, 1.54) is 0 Å². The Kier molecular flexibility index (Phi) is 4.15. The Morgan fingerprint density at radius 2 is 2.09 bits per heavy atom. The third-order valence-corrected chi connectivity index (χ3v) is 6.01. The zero-order valence-corrected chi connectivity index (χ0v) is 14.6. The second-order valence-corrected chi connectivity index (χ2v) is 7.43. The topological polar surface area (TPSA) is 26.3 Å². The first kappa shape index (κ1) is 15.7. The highest BCUT2D eigenvalue weighted by molar-refractivity contribution is 7.18. The monoisotopic (exact) mass is 334 g/mol. The Balaban J connectivity index is 2.33. The molecule has 0 saturated carbocycles. The van der Waals surface area contributed by atoms with Crippen LogP contribution < -0.4 is 5.43 Å². The summed E-state index contributed by atoms with van der Waals surface area (Å²) in [6.07, 6.45) is 1.56. The van der Waals surface area contributed by atoms with E-state index in [4.69, 9.17) is 16.3 Å². The maximum Gasteiger partial charge on any atom is 0.195 e. The molecular formula is C18H19ClO2S. The van der Waals surface area contributed by atoms with Crippen molar-refractivity contribution in [2.24, 2.45) is 0 Å². The smallest absolute Gasteiger partial charge is 0.195 e. The molecule has 2 nitrogen and oxygen atoms in total. The molecule has 22 heavy (non-hydrogen) atoms. The Morgan fingerprint density at radius 1 is 1.36 bits per heavy atom. The number of hydrogen-bond donors (Lipinski definition) is 0. The quantitative estimate of drug-likeness (QED) is 0.763. The van der Waals surface area contributed by atoms with Crippen molar-refractivity contribution >= 4 is 38.6 Å². The van der Waals surface area contributed by atoms with E-state index >= 15 is 0 Å². The summed E-state index contributed by atoms with van der Waals surface area (Å²) in [4.78, 5) is 14.0. The molecule has 1 heterocycles. The molecule has 1 aromatic carbocycles. The zero-order chi connectivity index (χ0) is 15.9. The van der Waals surface area contributed by atoms with E-state index < -0.39 is 5.60 Å². The minimum absolute atomic E-state index is 0.0611. The van der Waals surface area contributed by atoms with Crippen LogP contribution in [0.25, 0.3) is 15.7 Å². The van der Waals surface area contributed by atoms with Crippen molar-refractivity contribution in [1.82, 2.24) is 0 Å². The van der Waals surface area contributed by atoms with Crippen LogP contribution in [0.15, 0.2) is 34.1 Å². The molecule has 1 atom stereocenters. The van der Waals surface area contributed by atoms with Crippen molar-refractivity contribution in [3.63, 3.8) is 0 Å². The second-order valence-electron chi connectivity index (χ2n) is 5.92.